The molecule has 0 heterocycles. The second kappa shape index (κ2) is 6.29. The van der Waals surface area contributed by atoms with Crippen molar-refractivity contribution >= 4 is 11.9 Å². The van der Waals surface area contributed by atoms with E-state index in [1.807, 2.05) is 38.1 Å². The third-order valence-electron chi connectivity index (χ3n) is 4.19. The van der Waals surface area contributed by atoms with Crippen molar-refractivity contribution in [1.82, 2.24) is 5.32 Å². The fourth-order valence-corrected chi connectivity index (χ4v) is 2.71. The van der Waals surface area contributed by atoms with E-state index in [2.05, 4.69) is 5.32 Å². The van der Waals surface area contributed by atoms with E-state index >= 15 is 0 Å². The van der Waals surface area contributed by atoms with Crippen molar-refractivity contribution in [3.8, 4) is 0 Å². The molecule has 1 aromatic carbocycles. The molecule has 2 rings (SSSR count). The van der Waals surface area contributed by atoms with Crippen LogP contribution in [-0.2, 0) is 27.2 Å². The molecule has 0 aromatic heterocycles. The molecule has 4 nitrogen and oxygen atoms in total. The Balaban J connectivity index is 2.26. The number of amides is 1. The van der Waals surface area contributed by atoms with E-state index in [1.165, 1.54) is 0 Å². The Morgan fingerprint density at radius 1 is 1.24 bits per heavy atom. The number of esters is 1. The lowest BCUT2D eigenvalue weighted by atomic mass is 9.94. The fraction of sp³-hybridized carbons (Fsp3) is 0.529. The van der Waals surface area contributed by atoms with Crippen LogP contribution in [0.15, 0.2) is 24.3 Å². The lowest BCUT2D eigenvalue weighted by molar-refractivity contribution is -0.153. The van der Waals surface area contributed by atoms with Gasteiger partial charge in [0.2, 0.25) is 5.91 Å². The van der Waals surface area contributed by atoms with Gasteiger partial charge in [-0.2, -0.15) is 0 Å². The van der Waals surface area contributed by atoms with Crippen LogP contribution in [0.1, 0.15) is 38.3 Å². The topological polar surface area (TPSA) is 55.4 Å². The first kappa shape index (κ1) is 15.5. The summed E-state index contributed by atoms with van der Waals surface area (Å²) in [4.78, 5) is 24.7. The van der Waals surface area contributed by atoms with Crippen molar-refractivity contribution < 1.29 is 14.3 Å². The number of hydrogen-bond acceptors (Lipinski definition) is 3. The van der Waals surface area contributed by atoms with Crippen molar-refractivity contribution in [3.63, 3.8) is 0 Å². The fourth-order valence-electron chi connectivity index (χ4n) is 2.71. The molecule has 0 saturated carbocycles. The average Bonchev–Trinajstić information content (AvgIpc) is 2.85. The molecule has 1 amide bonds. The molecule has 1 aliphatic carbocycles. The largest absolute Gasteiger partial charge is 0.464 e. The normalized spacial score (nSPS) is 16.9. The van der Waals surface area contributed by atoms with Gasteiger partial charge in [0, 0.05) is 18.8 Å². The van der Waals surface area contributed by atoms with E-state index in [4.69, 9.17) is 4.74 Å². The third kappa shape index (κ3) is 3.09. The van der Waals surface area contributed by atoms with Gasteiger partial charge in [-0.15, -0.1) is 0 Å². The minimum atomic E-state index is -0.944. The highest BCUT2D eigenvalue weighted by Crippen LogP contribution is 2.31. The number of carbonyl (C=O) groups is 2. The standard InChI is InChI=1S/C17H23NO3/c1-4-12(3)15(19)18-17(16(20)21-5-2)10-13-8-6-7-9-14(13)11-17/h6-9,12H,4-5,10-11H2,1-3H3,(H,18,19)/t12-/m0/s1. The lowest BCUT2D eigenvalue weighted by Gasteiger charge is -2.29. The Hall–Kier alpha value is -1.84. The van der Waals surface area contributed by atoms with Crippen molar-refractivity contribution in [3.05, 3.63) is 35.4 Å². The Labute approximate surface area is 125 Å². The summed E-state index contributed by atoms with van der Waals surface area (Å²) in [6.07, 6.45) is 1.76. The quantitative estimate of drug-likeness (QED) is 0.846. The van der Waals surface area contributed by atoms with Crippen molar-refractivity contribution in [2.24, 2.45) is 5.92 Å². The van der Waals surface area contributed by atoms with Gasteiger partial charge in [0.15, 0.2) is 0 Å². The maximum Gasteiger partial charge on any atom is 0.332 e. The second-order valence-corrected chi connectivity index (χ2v) is 5.72. The SMILES string of the molecule is CCOC(=O)C1(NC(=O)[C@@H](C)CC)Cc2ccccc2C1. The summed E-state index contributed by atoms with van der Waals surface area (Å²) in [5.74, 6) is -0.531. The average molecular weight is 289 g/mol. The summed E-state index contributed by atoms with van der Waals surface area (Å²) in [7, 11) is 0. The van der Waals surface area contributed by atoms with E-state index < -0.39 is 5.54 Å². The van der Waals surface area contributed by atoms with E-state index in [1.54, 1.807) is 6.92 Å². The maximum absolute atomic E-state index is 12.4. The van der Waals surface area contributed by atoms with Crippen LogP contribution < -0.4 is 5.32 Å². The zero-order valence-electron chi connectivity index (χ0n) is 12.9. The van der Waals surface area contributed by atoms with Crippen LogP contribution in [0.5, 0.6) is 0 Å². The predicted octanol–water partition coefficient (Wildman–Crippen LogP) is 2.25. The van der Waals surface area contributed by atoms with Crippen LogP contribution >= 0.6 is 0 Å². The molecule has 1 atom stereocenters. The number of rotatable bonds is 5. The van der Waals surface area contributed by atoms with Gasteiger partial charge < -0.3 is 10.1 Å². The molecule has 0 fully saturated rings. The summed E-state index contributed by atoms with van der Waals surface area (Å²) in [5.41, 5.74) is 1.27. The molecular formula is C17H23NO3. The molecule has 1 aliphatic rings. The zero-order valence-corrected chi connectivity index (χ0v) is 12.9. The molecule has 4 heteroatoms. The molecule has 0 bridgehead atoms. The van der Waals surface area contributed by atoms with Crippen LogP contribution in [0.25, 0.3) is 0 Å². The Morgan fingerprint density at radius 2 is 1.81 bits per heavy atom. The van der Waals surface area contributed by atoms with Crippen molar-refractivity contribution in [2.75, 3.05) is 6.61 Å². The highest BCUT2D eigenvalue weighted by atomic mass is 16.5. The second-order valence-electron chi connectivity index (χ2n) is 5.72. The van der Waals surface area contributed by atoms with Gasteiger partial charge in [-0.1, -0.05) is 38.1 Å². The summed E-state index contributed by atoms with van der Waals surface area (Å²) >= 11 is 0. The van der Waals surface area contributed by atoms with Gasteiger partial charge in [0.1, 0.15) is 5.54 Å². The summed E-state index contributed by atoms with van der Waals surface area (Å²) < 4.78 is 5.22. The van der Waals surface area contributed by atoms with E-state index in [-0.39, 0.29) is 17.8 Å². The highest BCUT2D eigenvalue weighted by molar-refractivity contribution is 5.90. The van der Waals surface area contributed by atoms with E-state index in [9.17, 15) is 9.59 Å². The Bertz CT molecular complexity index is 514. The number of carbonyl (C=O) groups excluding carboxylic acids is 2. The maximum atomic E-state index is 12.4. The van der Waals surface area contributed by atoms with Crippen LogP contribution in [0.2, 0.25) is 0 Å². The van der Waals surface area contributed by atoms with Crippen LogP contribution in [0.4, 0.5) is 0 Å². The van der Waals surface area contributed by atoms with Crippen LogP contribution in [0.3, 0.4) is 0 Å². The first-order valence-corrected chi connectivity index (χ1v) is 7.58. The molecular weight excluding hydrogens is 266 g/mol. The highest BCUT2D eigenvalue weighted by Gasteiger charge is 2.46. The molecule has 0 radical (unpaired) electrons. The Morgan fingerprint density at radius 3 is 2.29 bits per heavy atom. The molecule has 114 valence electrons. The van der Waals surface area contributed by atoms with Gasteiger partial charge in [0.05, 0.1) is 6.61 Å². The van der Waals surface area contributed by atoms with Gasteiger partial charge in [0.25, 0.3) is 0 Å². The minimum Gasteiger partial charge on any atom is -0.464 e. The van der Waals surface area contributed by atoms with Gasteiger partial charge in [-0.25, -0.2) is 4.79 Å². The monoisotopic (exact) mass is 289 g/mol. The zero-order chi connectivity index (χ0) is 15.5. The van der Waals surface area contributed by atoms with Crippen LogP contribution in [-0.4, -0.2) is 24.0 Å². The lowest BCUT2D eigenvalue weighted by Crippen LogP contribution is -2.57. The molecule has 21 heavy (non-hydrogen) atoms. The van der Waals surface area contributed by atoms with E-state index in [0.29, 0.717) is 19.4 Å². The van der Waals surface area contributed by atoms with Crippen molar-refractivity contribution in [2.45, 2.75) is 45.6 Å². The number of ether oxygens (including phenoxy) is 1. The molecule has 1 N–H and O–H groups in total. The molecule has 0 aliphatic heterocycles. The number of benzene rings is 1. The van der Waals surface area contributed by atoms with E-state index in [0.717, 1.165) is 17.5 Å². The minimum absolute atomic E-state index is 0.0849. The first-order valence-electron chi connectivity index (χ1n) is 7.58. The number of fused-ring (bicyclic) bond motifs is 1. The summed E-state index contributed by atoms with van der Waals surface area (Å²) in [6, 6.07) is 7.92. The van der Waals surface area contributed by atoms with Gasteiger partial charge in [-0.05, 0) is 24.5 Å². The van der Waals surface area contributed by atoms with Crippen LogP contribution in [0, 0.1) is 5.92 Å². The number of nitrogens with one attached hydrogen (secondary N) is 1. The molecule has 0 unspecified atom stereocenters. The summed E-state index contributed by atoms with van der Waals surface area (Å²) in [5, 5.41) is 2.96. The summed E-state index contributed by atoms with van der Waals surface area (Å²) in [6.45, 7) is 5.93. The first-order chi connectivity index (χ1) is 10.0. The third-order valence-corrected chi connectivity index (χ3v) is 4.19. The number of hydrogen-bond donors (Lipinski definition) is 1. The van der Waals surface area contributed by atoms with Crippen molar-refractivity contribution in [1.29, 1.82) is 0 Å². The molecule has 0 saturated heterocycles. The van der Waals surface area contributed by atoms with Gasteiger partial charge in [-0.3, -0.25) is 4.79 Å². The smallest absolute Gasteiger partial charge is 0.332 e. The molecule has 0 spiro atoms. The predicted molar refractivity (Wildman–Crippen MR) is 80.8 cm³/mol. The molecule has 1 aromatic rings. The Kier molecular flexibility index (Phi) is 4.66. The van der Waals surface area contributed by atoms with Gasteiger partial charge >= 0.3 is 5.97 Å².